The van der Waals surface area contributed by atoms with Crippen LogP contribution in [0.1, 0.15) is 76.3 Å². The maximum absolute atomic E-state index is 11.0. The number of likely N-dealkylation sites (tertiary alicyclic amines) is 1. The number of anilines is 2. The minimum atomic E-state index is -0.928. The van der Waals surface area contributed by atoms with Crippen LogP contribution in [0.25, 0.3) is 10.9 Å². The van der Waals surface area contributed by atoms with Gasteiger partial charge in [0.15, 0.2) is 0 Å². The summed E-state index contributed by atoms with van der Waals surface area (Å²) in [7, 11) is 0. The number of hydrogen-bond donors (Lipinski definition) is 6. The Morgan fingerprint density at radius 3 is 2.59 bits per heavy atom. The molecular formula is C33H53N11O2. The van der Waals surface area contributed by atoms with Crippen LogP contribution in [-0.4, -0.2) is 98.3 Å². The number of piperidine rings is 1. The lowest BCUT2D eigenvalue weighted by atomic mass is 9.95. The molecule has 2 aromatic heterocycles. The number of aromatic nitrogens is 5. The molecule has 1 saturated heterocycles. The van der Waals surface area contributed by atoms with Crippen LogP contribution in [0, 0.1) is 0 Å². The summed E-state index contributed by atoms with van der Waals surface area (Å²) in [5.41, 5.74) is 7.39. The number of carboxylic acids is 1. The van der Waals surface area contributed by atoms with Crippen molar-refractivity contribution in [2.24, 2.45) is 5.73 Å². The highest BCUT2D eigenvalue weighted by molar-refractivity contribution is 5.90. The third-order valence-corrected chi connectivity index (χ3v) is 9.16. The van der Waals surface area contributed by atoms with Gasteiger partial charge in [-0.2, -0.15) is 4.98 Å². The van der Waals surface area contributed by atoms with Crippen molar-refractivity contribution in [2.75, 3.05) is 49.9 Å². The van der Waals surface area contributed by atoms with Crippen LogP contribution in [-0.2, 0) is 17.9 Å². The number of nitrogens with one attached hydrogen (secondary N) is 4. The van der Waals surface area contributed by atoms with Crippen molar-refractivity contribution in [1.82, 2.24) is 40.5 Å². The van der Waals surface area contributed by atoms with Crippen molar-refractivity contribution in [3.63, 3.8) is 0 Å². The molecule has 46 heavy (non-hydrogen) atoms. The summed E-state index contributed by atoms with van der Waals surface area (Å²) in [5.74, 6) is 0.465. The fourth-order valence-corrected chi connectivity index (χ4v) is 6.43. The van der Waals surface area contributed by atoms with E-state index in [1.807, 2.05) is 29.1 Å². The van der Waals surface area contributed by atoms with Gasteiger partial charge in [-0.15, -0.1) is 5.10 Å². The monoisotopic (exact) mass is 635 g/mol. The maximum atomic E-state index is 11.0. The summed E-state index contributed by atoms with van der Waals surface area (Å²) in [6.07, 6.45) is 14.3. The van der Waals surface area contributed by atoms with E-state index in [4.69, 9.17) is 20.8 Å². The van der Waals surface area contributed by atoms with Crippen LogP contribution >= 0.6 is 0 Å². The number of carbonyl (C=O) groups is 1. The van der Waals surface area contributed by atoms with Crippen molar-refractivity contribution >= 4 is 28.6 Å². The lowest BCUT2D eigenvalue weighted by molar-refractivity contribution is -0.138. The molecule has 3 heterocycles. The second-order valence-corrected chi connectivity index (χ2v) is 12.8. The van der Waals surface area contributed by atoms with E-state index < -0.39 is 12.0 Å². The van der Waals surface area contributed by atoms with Crippen LogP contribution in [0.15, 0.2) is 30.5 Å². The zero-order chi connectivity index (χ0) is 32.0. The van der Waals surface area contributed by atoms with Crippen LogP contribution < -0.4 is 27.0 Å². The molecule has 0 spiro atoms. The number of hydrogen-bond acceptors (Lipinski definition) is 11. The molecule has 1 aliphatic heterocycles. The van der Waals surface area contributed by atoms with Gasteiger partial charge in [0.05, 0.1) is 18.3 Å². The van der Waals surface area contributed by atoms with Crippen molar-refractivity contribution in [2.45, 2.75) is 102 Å². The molecule has 252 valence electrons. The van der Waals surface area contributed by atoms with Gasteiger partial charge in [0.1, 0.15) is 17.6 Å². The predicted octanol–water partition coefficient (Wildman–Crippen LogP) is 3.19. The Labute approximate surface area is 272 Å². The lowest BCUT2D eigenvalue weighted by Gasteiger charge is -2.33. The Morgan fingerprint density at radius 2 is 1.76 bits per heavy atom. The summed E-state index contributed by atoms with van der Waals surface area (Å²) in [6, 6.07) is 8.33. The molecule has 1 atom stereocenters. The van der Waals surface area contributed by atoms with Crippen LogP contribution in [0.4, 0.5) is 11.8 Å². The van der Waals surface area contributed by atoms with E-state index in [2.05, 4.69) is 42.5 Å². The first kappa shape index (κ1) is 34.0. The number of benzene rings is 1. The molecule has 1 unspecified atom stereocenters. The fraction of sp³-hybridized carbons (Fsp3) is 0.667. The summed E-state index contributed by atoms with van der Waals surface area (Å²) in [4.78, 5) is 23.0. The summed E-state index contributed by atoms with van der Waals surface area (Å²) in [6.45, 7) is 7.22. The number of aliphatic carboxylic acids is 1. The lowest BCUT2D eigenvalue weighted by Crippen LogP contribution is -2.40. The van der Waals surface area contributed by atoms with Gasteiger partial charge < -0.3 is 37.0 Å². The third kappa shape index (κ3) is 10.9. The Hall–Kier alpha value is -3.39. The normalized spacial score (nSPS) is 17.3. The Morgan fingerprint density at radius 1 is 0.957 bits per heavy atom. The molecule has 2 fully saturated rings. The predicted molar refractivity (Wildman–Crippen MR) is 182 cm³/mol. The number of carboxylic acid groups (broad SMARTS) is 1. The van der Waals surface area contributed by atoms with Gasteiger partial charge in [-0.1, -0.05) is 36.6 Å². The highest BCUT2D eigenvalue weighted by Crippen LogP contribution is 2.25. The number of nitrogens with two attached hydrogens (primary N) is 1. The zero-order valence-corrected chi connectivity index (χ0v) is 27.2. The zero-order valence-electron chi connectivity index (χ0n) is 27.2. The van der Waals surface area contributed by atoms with E-state index in [0.29, 0.717) is 25.0 Å². The van der Waals surface area contributed by atoms with Crippen LogP contribution in [0.2, 0.25) is 0 Å². The number of para-hydroxylation sites is 1. The molecule has 1 saturated carbocycles. The molecule has 0 radical (unpaired) electrons. The molecule has 1 aromatic carbocycles. The standard InChI is InChI=1S/C33H53N11O2/c34-29(32(45)46)12-6-19-43-21-14-26(15-22-43)38-31-28-11-4-5-13-30(28)39-33(40-31)37-23-27-24-44(42-41-27)20-8-17-35-16-7-18-36-25-9-2-1-3-10-25/h4-5,11,13,24-26,29,35-36H,1-3,6-10,12,14-23,34H2,(H,45,46)(H2,37,38,39,40). The van der Waals surface area contributed by atoms with E-state index in [0.717, 1.165) is 106 Å². The van der Waals surface area contributed by atoms with Gasteiger partial charge >= 0.3 is 5.97 Å². The molecule has 13 nitrogen and oxygen atoms in total. The average molecular weight is 636 g/mol. The molecule has 1 aliphatic carbocycles. The van der Waals surface area contributed by atoms with Crippen molar-refractivity contribution < 1.29 is 9.90 Å². The molecule has 5 rings (SSSR count). The minimum absolute atomic E-state index is 0.302. The highest BCUT2D eigenvalue weighted by atomic mass is 16.4. The Bertz CT molecular complexity index is 1340. The first-order valence-electron chi connectivity index (χ1n) is 17.3. The SMILES string of the molecule is NC(CCCN1CCC(Nc2nc(NCc3cn(CCCNCCCNC4CCCCC4)nn3)nc3ccccc23)CC1)C(=O)O. The molecule has 2 aliphatic rings. The fourth-order valence-electron chi connectivity index (χ4n) is 6.43. The van der Waals surface area contributed by atoms with Crippen LogP contribution in [0.5, 0.6) is 0 Å². The molecule has 7 N–H and O–H groups in total. The van der Waals surface area contributed by atoms with Gasteiger partial charge in [0.2, 0.25) is 5.95 Å². The number of fused-ring (bicyclic) bond motifs is 1. The highest BCUT2D eigenvalue weighted by Gasteiger charge is 2.21. The summed E-state index contributed by atoms with van der Waals surface area (Å²) < 4.78 is 1.91. The quantitative estimate of drug-likeness (QED) is 0.107. The van der Waals surface area contributed by atoms with Gasteiger partial charge in [-0.3, -0.25) is 9.48 Å². The van der Waals surface area contributed by atoms with Crippen molar-refractivity contribution in [3.8, 4) is 0 Å². The molecule has 0 bridgehead atoms. The molecular weight excluding hydrogens is 582 g/mol. The summed E-state index contributed by atoms with van der Waals surface area (Å²) in [5, 5.41) is 33.0. The van der Waals surface area contributed by atoms with Crippen molar-refractivity contribution in [1.29, 1.82) is 0 Å². The average Bonchev–Trinajstić information content (AvgIpc) is 3.54. The first-order chi connectivity index (χ1) is 22.5. The molecule has 3 aromatic rings. The number of nitrogens with zero attached hydrogens (tertiary/aromatic N) is 6. The third-order valence-electron chi connectivity index (χ3n) is 9.16. The van der Waals surface area contributed by atoms with Gasteiger partial charge in [0, 0.05) is 37.1 Å². The largest absolute Gasteiger partial charge is 0.480 e. The summed E-state index contributed by atoms with van der Waals surface area (Å²) >= 11 is 0. The second kappa shape index (κ2) is 18.1. The second-order valence-electron chi connectivity index (χ2n) is 12.8. The van der Waals surface area contributed by atoms with E-state index >= 15 is 0 Å². The Balaban J connectivity index is 1.02. The number of aryl methyl sites for hydroxylation is 1. The van der Waals surface area contributed by atoms with Crippen molar-refractivity contribution in [3.05, 3.63) is 36.2 Å². The van der Waals surface area contributed by atoms with E-state index in [1.54, 1.807) is 0 Å². The van der Waals surface area contributed by atoms with Gasteiger partial charge in [-0.25, -0.2) is 4.98 Å². The Kier molecular flexibility index (Phi) is 13.3. The van der Waals surface area contributed by atoms with E-state index in [-0.39, 0.29) is 0 Å². The minimum Gasteiger partial charge on any atom is -0.480 e. The smallest absolute Gasteiger partial charge is 0.320 e. The van der Waals surface area contributed by atoms with Gasteiger partial charge in [-0.05, 0) is 89.7 Å². The first-order valence-corrected chi connectivity index (χ1v) is 17.3. The maximum Gasteiger partial charge on any atom is 0.320 e. The van der Waals surface area contributed by atoms with Crippen LogP contribution in [0.3, 0.4) is 0 Å². The number of rotatable bonds is 19. The van der Waals surface area contributed by atoms with E-state index in [9.17, 15) is 4.79 Å². The molecule has 0 amide bonds. The van der Waals surface area contributed by atoms with E-state index in [1.165, 1.54) is 32.1 Å². The topological polar surface area (TPSA) is 171 Å². The molecule has 13 heteroatoms. The van der Waals surface area contributed by atoms with Gasteiger partial charge in [0.25, 0.3) is 0 Å².